The monoisotopic (exact) mass is 478 g/mol. The van der Waals surface area contributed by atoms with Crippen molar-refractivity contribution in [3.8, 4) is 28.0 Å². The van der Waals surface area contributed by atoms with Gasteiger partial charge in [-0.2, -0.15) is 10.2 Å². The third kappa shape index (κ3) is 3.51. The van der Waals surface area contributed by atoms with Gasteiger partial charge in [0.05, 0.1) is 31.2 Å². The number of halogens is 3. The molecular weight excluding hydrogens is 457 g/mol. The van der Waals surface area contributed by atoms with Crippen LogP contribution in [-0.4, -0.2) is 42.6 Å². The highest BCUT2D eigenvalue weighted by atomic mass is 19.3. The van der Waals surface area contributed by atoms with Crippen LogP contribution >= 0.6 is 0 Å². The molecule has 6 rings (SSSR count). The average molecular weight is 478 g/mol. The second kappa shape index (κ2) is 7.79. The Bertz CT molecular complexity index is 1580. The fraction of sp³-hybridized carbons (Fsp3) is 0.280. The van der Waals surface area contributed by atoms with Crippen LogP contribution in [0, 0.1) is 5.82 Å². The van der Waals surface area contributed by atoms with Crippen LogP contribution in [0.1, 0.15) is 25.8 Å². The second-order valence-corrected chi connectivity index (χ2v) is 8.79. The van der Waals surface area contributed by atoms with E-state index in [1.807, 2.05) is 11.5 Å². The molecule has 2 aromatic carbocycles. The van der Waals surface area contributed by atoms with E-state index in [4.69, 9.17) is 4.74 Å². The largest absolute Gasteiger partial charge is 0.496 e. The molecule has 10 heteroatoms. The number of fused-ring (bicyclic) bond motifs is 2. The Labute approximate surface area is 198 Å². The third-order valence-corrected chi connectivity index (χ3v) is 6.60. The van der Waals surface area contributed by atoms with Crippen LogP contribution in [0.4, 0.5) is 13.2 Å². The molecular formula is C25H21F3N6O. The van der Waals surface area contributed by atoms with Crippen molar-refractivity contribution in [2.24, 2.45) is 0 Å². The molecule has 178 valence electrons. The van der Waals surface area contributed by atoms with E-state index < -0.39 is 11.7 Å². The number of aryl methyl sites for hydroxylation is 1. The summed E-state index contributed by atoms with van der Waals surface area (Å²) < 4.78 is 50.9. The van der Waals surface area contributed by atoms with E-state index in [9.17, 15) is 8.78 Å². The molecule has 0 bridgehead atoms. The smallest absolute Gasteiger partial charge is 0.252 e. The van der Waals surface area contributed by atoms with Crippen molar-refractivity contribution >= 4 is 22.1 Å². The van der Waals surface area contributed by atoms with Gasteiger partial charge in [0.1, 0.15) is 17.1 Å². The maximum atomic E-state index is 15.1. The number of imidazole rings is 1. The Morgan fingerprint density at radius 3 is 2.69 bits per heavy atom. The summed E-state index contributed by atoms with van der Waals surface area (Å²) in [4.78, 5) is 4.49. The minimum absolute atomic E-state index is 0.232. The Balaban J connectivity index is 1.46. The van der Waals surface area contributed by atoms with Crippen molar-refractivity contribution in [1.82, 2.24) is 29.5 Å². The molecule has 1 saturated carbocycles. The molecule has 1 aliphatic carbocycles. The maximum absolute atomic E-state index is 15.1. The molecule has 0 atom stereocenters. The fourth-order valence-electron chi connectivity index (χ4n) is 4.67. The molecule has 1 aliphatic rings. The Morgan fingerprint density at radius 2 is 1.94 bits per heavy atom. The molecule has 35 heavy (non-hydrogen) atoms. The van der Waals surface area contributed by atoms with E-state index in [1.54, 1.807) is 47.7 Å². The zero-order valence-corrected chi connectivity index (χ0v) is 19.0. The summed E-state index contributed by atoms with van der Waals surface area (Å²) >= 11 is 0. The topological polar surface area (TPSA) is 70.7 Å². The van der Waals surface area contributed by atoms with Crippen molar-refractivity contribution in [1.29, 1.82) is 0 Å². The molecule has 0 saturated heterocycles. The van der Waals surface area contributed by atoms with Crippen LogP contribution in [0.3, 0.4) is 0 Å². The van der Waals surface area contributed by atoms with Gasteiger partial charge in [0.15, 0.2) is 5.65 Å². The van der Waals surface area contributed by atoms with Gasteiger partial charge >= 0.3 is 0 Å². The number of aromatic nitrogens is 6. The summed E-state index contributed by atoms with van der Waals surface area (Å²) in [6.45, 7) is 2.69. The molecule has 3 aromatic heterocycles. The SMILES string of the molecule is CCn1cnc2c(-c3ccc(F)c(-c4cc5cn(C6CC(F)(F)C6)nc5cc4OC)c3)cnnc21. The van der Waals surface area contributed by atoms with Crippen LogP contribution in [0.25, 0.3) is 44.3 Å². The van der Waals surface area contributed by atoms with Gasteiger partial charge in [-0.15, -0.1) is 5.10 Å². The van der Waals surface area contributed by atoms with Crippen molar-refractivity contribution in [2.45, 2.75) is 38.3 Å². The number of methoxy groups -OCH3 is 1. The maximum Gasteiger partial charge on any atom is 0.252 e. The Kier molecular flexibility index (Phi) is 4.80. The highest BCUT2D eigenvalue weighted by Crippen LogP contribution is 2.46. The first-order valence-electron chi connectivity index (χ1n) is 11.3. The summed E-state index contributed by atoms with van der Waals surface area (Å²) in [6.07, 6.45) is 4.59. The zero-order valence-electron chi connectivity index (χ0n) is 19.0. The lowest BCUT2D eigenvalue weighted by Crippen LogP contribution is -2.37. The molecule has 0 spiro atoms. The summed E-state index contributed by atoms with van der Waals surface area (Å²) in [5.74, 6) is -2.63. The molecule has 7 nitrogen and oxygen atoms in total. The lowest BCUT2D eigenvalue weighted by atomic mass is 9.88. The number of nitrogens with zero attached hydrogens (tertiary/aromatic N) is 6. The van der Waals surface area contributed by atoms with Crippen molar-refractivity contribution < 1.29 is 17.9 Å². The lowest BCUT2D eigenvalue weighted by Gasteiger charge is -2.34. The van der Waals surface area contributed by atoms with E-state index in [0.717, 1.165) is 16.5 Å². The number of alkyl halides is 2. The summed E-state index contributed by atoms with van der Waals surface area (Å²) in [5.41, 5.74) is 4.28. The summed E-state index contributed by atoms with van der Waals surface area (Å²) in [7, 11) is 1.50. The van der Waals surface area contributed by atoms with Gasteiger partial charge in [-0.3, -0.25) is 4.68 Å². The Morgan fingerprint density at radius 1 is 1.11 bits per heavy atom. The molecule has 0 unspecified atom stereocenters. The minimum atomic E-state index is -2.64. The van der Waals surface area contributed by atoms with Crippen molar-refractivity contribution in [3.63, 3.8) is 0 Å². The highest BCUT2D eigenvalue weighted by Gasteiger charge is 2.46. The van der Waals surface area contributed by atoms with Crippen LogP contribution in [0.2, 0.25) is 0 Å². The Hall–Kier alpha value is -3.95. The first-order valence-corrected chi connectivity index (χ1v) is 11.3. The first kappa shape index (κ1) is 21.6. The van der Waals surface area contributed by atoms with Crippen LogP contribution < -0.4 is 4.74 Å². The number of hydrogen-bond acceptors (Lipinski definition) is 5. The standard InChI is InChI=1S/C25H21F3N6O/c1-3-33-13-29-23-19(11-30-31-24(23)33)14-4-5-20(26)17(6-14)18-7-15-12-34(16-9-25(27,28)10-16)32-21(15)8-22(18)35-2/h4-8,11-13,16H,3,9-10H2,1-2H3. The van der Waals surface area contributed by atoms with E-state index in [0.29, 0.717) is 40.1 Å². The predicted octanol–water partition coefficient (Wildman–Crippen LogP) is 5.65. The van der Waals surface area contributed by atoms with E-state index in [-0.39, 0.29) is 18.9 Å². The normalized spacial score (nSPS) is 15.6. The molecule has 5 aromatic rings. The van der Waals surface area contributed by atoms with Gasteiger partial charge in [0.2, 0.25) is 0 Å². The number of ether oxygens (including phenoxy) is 1. The molecule has 0 N–H and O–H groups in total. The fourth-order valence-corrected chi connectivity index (χ4v) is 4.67. The molecule has 0 aliphatic heterocycles. The predicted molar refractivity (Wildman–Crippen MR) is 125 cm³/mol. The number of benzene rings is 2. The second-order valence-electron chi connectivity index (χ2n) is 8.79. The van der Waals surface area contributed by atoms with E-state index in [2.05, 4.69) is 20.3 Å². The number of rotatable bonds is 5. The quantitative estimate of drug-likeness (QED) is 0.327. The zero-order chi connectivity index (χ0) is 24.3. The van der Waals surface area contributed by atoms with Gasteiger partial charge < -0.3 is 9.30 Å². The molecule has 1 fully saturated rings. The summed E-state index contributed by atoms with van der Waals surface area (Å²) in [5, 5.41) is 13.5. The molecule has 0 radical (unpaired) electrons. The highest BCUT2D eigenvalue weighted by molar-refractivity contribution is 5.92. The van der Waals surface area contributed by atoms with E-state index >= 15 is 4.39 Å². The molecule has 0 amide bonds. The van der Waals surface area contributed by atoms with Gasteiger partial charge in [0, 0.05) is 53.7 Å². The lowest BCUT2D eigenvalue weighted by molar-refractivity contribution is -0.106. The van der Waals surface area contributed by atoms with Gasteiger partial charge in [-0.25, -0.2) is 18.2 Å². The van der Waals surface area contributed by atoms with Crippen LogP contribution in [-0.2, 0) is 6.54 Å². The first-order chi connectivity index (χ1) is 16.9. The van der Waals surface area contributed by atoms with Crippen molar-refractivity contribution in [3.05, 3.63) is 54.9 Å². The third-order valence-electron chi connectivity index (χ3n) is 6.60. The number of hydrogen-bond donors (Lipinski definition) is 0. The van der Waals surface area contributed by atoms with Gasteiger partial charge in [-0.1, -0.05) is 6.07 Å². The van der Waals surface area contributed by atoms with Crippen LogP contribution in [0.15, 0.2) is 49.1 Å². The van der Waals surface area contributed by atoms with Gasteiger partial charge in [-0.05, 0) is 30.7 Å². The minimum Gasteiger partial charge on any atom is -0.496 e. The average Bonchev–Trinajstić information content (AvgIpc) is 3.45. The van der Waals surface area contributed by atoms with Crippen molar-refractivity contribution in [2.75, 3.05) is 7.11 Å². The van der Waals surface area contributed by atoms with Crippen LogP contribution in [0.5, 0.6) is 5.75 Å². The van der Waals surface area contributed by atoms with E-state index in [1.165, 1.54) is 13.2 Å². The molecule has 3 heterocycles. The summed E-state index contributed by atoms with van der Waals surface area (Å²) in [6, 6.07) is 7.95. The van der Waals surface area contributed by atoms with Gasteiger partial charge in [0.25, 0.3) is 5.92 Å².